The van der Waals surface area contributed by atoms with Crippen LogP contribution in [0.15, 0.2) is 54.6 Å². The number of hydrogen-bond donors (Lipinski definition) is 2. The molecule has 4 heteroatoms. The SMILES string of the molecule is COc1ccc(OCCNC(CO)c2ccccc2)cc1. The summed E-state index contributed by atoms with van der Waals surface area (Å²) in [6, 6.07) is 17.3. The van der Waals surface area contributed by atoms with E-state index in [-0.39, 0.29) is 12.6 Å². The van der Waals surface area contributed by atoms with Crippen LogP contribution in [0.4, 0.5) is 0 Å². The third-order valence-electron chi connectivity index (χ3n) is 3.21. The lowest BCUT2D eigenvalue weighted by atomic mass is 10.1. The van der Waals surface area contributed by atoms with E-state index in [2.05, 4.69) is 5.32 Å². The normalized spacial score (nSPS) is 11.9. The fourth-order valence-corrected chi connectivity index (χ4v) is 2.05. The Morgan fingerprint density at radius 1 is 1.00 bits per heavy atom. The van der Waals surface area contributed by atoms with Crippen LogP contribution in [0.3, 0.4) is 0 Å². The van der Waals surface area contributed by atoms with Crippen LogP contribution in [0.2, 0.25) is 0 Å². The van der Waals surface area contributed by atoms with Crippen LogP contribution in [0.25, 0.3) is 0 Å². The van der Waals surface area contributed by atoms with Gasteiger partial charge >= 0.3 is 0 Å². The third-order valence-corrected chi connectivity index (χ3v) is 3.21. The summed E-state index contributed by atoms with van der Waals surface area (Å²) in [6.45, 7) is 1.26. The minimum Gasteiger partial charge on any atom is -0.497 e. The molecule has 21 heavy (non-hydrogen) atoms. The molecule has 0 radical (unpaired) electrons. The highest BCUT2D eigenvalue weighted by Crippen LogP contribution is 2.17. The van der Waals surface area contributed by atoms with Crippen LogP contribution in [0.5, 0.6) is 11.5 Å². The summed E-state index contributed by atoms with van der Waals surface area (Å²) in [6.07, 6.45) is 0. The zero-order chi connectivity index (χ0) is 14.9. The van der Waals surface area contributed by atoms with Gasteiger partial charge in [-0.3, -0.25) is 0 Å². The quantitative estimate of drug-likeness (QED) is 0.732. The number of hydrogen-bond acceptors (Lipinski definition) is 4. The number of rotatable bonds is 8. The Morgan fingerprint density at radius 3 is 2.29 bits per heavy atom. The average molecular weight is 287 g/mol. The molecular weight excluding hydrogens is 266 g/mol. The second-order valence-corrected chi connectivity index (χ2v) is 4.62. The molecule has 2 aromatic carbocycles. The van der Waals surface area contributed by atoms with Gasteiger partial charge in [-0.05, 0) is 29.8 Å². The fraction of sp³-hybridized carbons (Fsp3) is 0.294. The van der Waals surface area contributed by atoms with E-state index < -0.39 is 0 Å². The maximum Gasteiger partial charge on any atom is 0.119 e. The molecule has 0 aliphatic carbocycles. The molecule has 2 aromatic rings. The van der Waals surface area contributed by atoms with E-state index in [0.29, 0.717) is 13.2 Å². The van der Waals surface area contributed by atoms with Crippen LogP contribution >= 0.6 is 0 Å². The minimum atomic E-state index is -0.0642. The van der Waals surface area contributed by atoms with E-state index in [1.165, 1.54) is 0 Å². The van der Waals surface area contributed by atoms with Gasteiger partial charge in [0.05, 0.1) is 19.8 Å². The van der Waals surface area contributed by atoms with Crippen molar-refractivity contribution in [3.8, 4) is 11.5 Å². The van der Waals surface area contributed by atoms with E-state index in [9.17, 15) is 5.11 Å². The van der Waals surface area contributed by atoms with Gasteiger partial charge in [0.15, 0.2) is 0 Å². The average Bonchev–Trinajstić information content (AvgIpc) is 2.56. The monoisotopic (exact) mass is 287 g/mol. The third kappa shape index (κ3) is 4.77. The molecule has 112 valence electrons. The van der Waals surface area contributed by atoms with Crippen molar-refractivity contribution in [2.24, 2.45) is 0 Å². The number of ether oxygens (including phenoxy) is 2. The molecule has 2 N–H and O–H groups in total. The lowest BCUT2D eigenvalue weighted by Crippen LogP contribution is -2.28. The summed E-state index contributed by atoms with van der Waals surface area (Å²) in [5.41, 5.74) is 1.07. The van der Waals surface area contributed by atoms with E-state index >= 15 is 0 Å². The van der Waals surface area contributed by atoms with Crippen LogP contribution in [0.1, 0.15) is 11.6 Å². The number of benzene rings is 2. The molecule has 0 aliphatic heterocycles. The summed E-state index contributed by atoms with van der Waals surface area (Å²) >= 11 is 0. The molecule has 0 spiro atoms. The van der Waals surface area contributed by atoms with Crippen molar-refractivity contribution in [1.29, 1.82) is 0 Å². The van der Waals surface area contributed by atoms with Gasteiger partial charge in [-0.25, -0.2) is 0 Å². The van der Waals surface area contributed by atoms with Gasteiger partial charge in [0.25, 0.3) is 0 Å². The molecule has 0 amide bonds. The highest BCUT2D eigenvalue weighted by molar-refractivity contribution is 5.31. The highest BCUT2D eigenvalue weighted by Gasteiger charge is 2.08. The molecule has 0 aliphatic rings. The van der Waals surface area contributed by atoms with Crippen LogP contribution in [-0.4, -0.2) is 32.0 Å². The maximum atomic E-state index is 9.44. The van der Waals surface area contributed by atoms with Crippen LogP contribution in [0, 0.1) is 0 Å². The summed E-state index contributed by atoms with van der Waals surface area (Å²) in [5.74, 6) is 1.61. The Morgan fingerprint density at radius 2 is 1.67 bits per heavy atom. The van der Waals surface area contributed by atoms with Gasteiger partial charge in [-0.15, -0.1) is 0 Å². The first-order valence-electron chi connectivity index (χ1n) is 6.99. The van der Waals surface area contributed by atoms with Gasteiger partial charge in [-0.1, -0.05) is 30.3 Å². The molecule has 0 aromatic heterocycles. The Bertz CT molecular complexity index is 513. The predicted molar refractivity (Wildman–Crippen MR) is 82.8 cm³/mol. The Kier molecular flexibility index (Phi) is 6.06. The first kappa shape index (κ1) is 15.4. The van der Waals surface area contributed by atoms with Gasteiger partial charge in [0.1, 0.15) is 18.1 Å². The van der Waals surface area contributed by atoms with E-state index in [1.807, 2.05) is 54.6 Å². The molecule has 1 unspecified atom stereocenters. The van der Waals surface area contributed by atoms with Crippen molar-refractivity contribution in [1.82, 2.24) is 5.32 Å². The number of aliphatic hydroxyl groups is 1. The first-order chi connectivity index (χ1) is 10.3. The standard InChI is InChI=1S/C17H21NO3/c1-20-15-7-9-16(10-8-15)21-12-11-18-17(13-19)14-5-3-2-4-6-14/h2-10,17-19H,11-13H2,1H3. The lowest BCUT2D eigenvalue weighted by molar-refractivity contribution is 0.232. The molecule has 4 nitrogen and oxygen atoms in total. The smallest absolute Gasteiger partial charge is 0.119 e. The van der Waals surface area contributed by atoms with Crippen molar-refractivity contribution in [3.63, 3.8) is 0 Å². The Balaban J connectivity index is 1.75. The molecule has 0 bridgehead atoms. The van der Waals surface area contributed by atoms with E-state index in [1.54, 1.807) is 7.11 Å². The molecule has 2 rings (SSSR count). The topological polar surface area (TPSA) is 50.7 Å². The Hall–Kier alpha value is -2.04. The minimum absolute atomic E-state index is 0.0621. The zero-order valence-corrected chi connectivity index (χ0v) is 12.2. The molecule has 0 heterocycles. The number of nitrogens with one attached hydrogen (secondary N) is 1. The zero-order valence-electron chi connectivity index (χ0n) is 12.2. The molecule has 0 fully saturated rings. The van der Waals surface area contributed by atoms with Crippen LogP contribution in [-0.2, 0) is 0 Å². The first-order valence-corrected chi connectivity index (χ1v) is 6.99. The summed E-state index contributed by atoms with van der Waals surface area (Å²) in [7, 11) is 1.64. The summed E-state index contributed by atoms with van der Waals surface area (Å²) in [5, 5.41) is 12.7. The molecule has 1 atom stereocenters. The lowest BCUT2D eigenvalue weighted by Gasteiger charge is -2.17. The van der Waals surface area contributed by atoms with Crippen molar-refractivity contribution < 1.29 is 14.6 Å². The van der Waals surface area contributed by atoms with Crippen LogP contribution < -0.4 is 14.8 Å². The van der Waals surface area contributed by atoms with Gasteiger partial charge in [0, 0.05) is 6.54 Å². The maximum absolute atomic E-state index is 9.44. The van der Waals surface area contributed by atoms with E-state index in [4.69, 9.17) is 9.47 Å². The van der Waals surface area contributed by atoms with Crippen molar-refractivity contribution in [3.05, 3.63) is 60.2 Å². The van der Waals surface area contributed by atoms with Crippen molar-refractivity contribution >= 4 is 0 Å². The van der Waals surface area contributed by atoms with Crippen molar-refractivity contribution in [2.45, 2.75) is 6.04 Å². The molecule has 0 saturated heterocycles. The van der Waals surface area contributed by atoms with Gasteiger partial charge < -0.3 is 19.9 Å². The number of aliphatic hydroxyl groups excluding tert-OH is 1. The van der Waals surface area contributed by atoms with Gasteiger partial charge in [0.2, 0.25) is 0 Å². The van der Waals surface area contributed by atoms with Gasteiger partial charge in [-0.2, -0.15) is 0 Å². The fourth-order valence-electron chi connectivity index (χ4n) is 2.05. The second kappa shape index (κ2) is 8.29. The highest BCUT2D eigenvalue weighted by atomic mass is 16.5. The molecule has 0 saturated carbocycles. The molecular formula is C17H21NO3. The summed E-state index contributed by atoms with van der Waals surface area (Å²) in [4.78, 5) is 0. The predicted octanol–water partition coefficient (Wildman–Crippen LogP) is 2.40. The van der Waals surface area contributed by atoms with E-state index in [0.717, 1.165) is 17.1 Å². The number of methoxy groups -OCH3 is 1. The van der Waals surface area contributed by atoms with Crippen molar-refractivity contribution in [2.75, 3.05) is 26.9 Å². The second-order valence-electron chi connectivity index (χ2n) is 4.62. The summed E-state index contributed by atoms with van der Waals surface area (Å²) < 4.78 is 10.7. The Labute approximate surface area is 125 Å². The largest absolute Gasteiger partial charge is 0.497 e.